The molecule has 0 unspecified atom stereocenters. The number of carbonyl (C=O) groups excluding carboxylic acids is 1. The van der Waals surface area contributed by atoms with Crippen molar-refractivity contribution in [3.05, 3.63) is 28.8 Å². The first-order valence-corrected chi connectivity index (χ1v) is 8.10. The second kappa shape index (κ2) is 6.69. The minimum atomic E-state index is -0.00937. The second-order valence-electron chi connectivity index (χ2n) is 4.78. The van der Waals surface area contributed by atoms with E-state index in [1.165, 1.54) is 11.3 Å². The van der Waals surface area contributed by atoms with Crippen LogP contribution in [0.1, 0.15) is 17.4 Å². The SMILES string of the molecule is CCOc1ccnc(N2CCN(C(=O)c3cscn3)CC2)n1. The molecule has 0 radical (unpaired) electrons. The molecule has 22 heavy (non-hydrogen) atoms. The van der Waals surface area contributed by atoms with Gasteiger partial charge in [-0.1, -0.05) is 0 Å². The highest BCUT2D eigenvalue weighted by Gasteiger charge is 2.24. The van der Waals surface area contributed by atoms with E-state index in [0.29, 0.717) is 50.3 Å². The molecular weight excluding hydrogens is 302 g/mol. The third kappa shape index (κ3) is 3.16. The predicted octanol–water partition coefficient (Wildman–Crippen LogP) is 1.29. The maximum absolute atomic E-state index is 12.2. The van der Waals surface area contributed by atoms with Gasteiger partial charge in [0.2, 0.25) is 11.8 Å². The molecule has 0 atom stereocenters. The minimum Gasteiger partial charge on any atom is -0.478 e. The monoisotopic (exact) mass is 319 g/mol. The zero-order valence-electron chi connectivity index (χ0n) is 12.3. The summed E-state index contributed by atoms with van der Waals surface area (Å²) < 4.78 is 5.40. The number of aromatic nitrogens is 3. The summed E-state index contributed by atoms with van der Waals surface area (Å²) in [6.07, 6.45) is 1.69. The lowest BCUT2D eigenvalue weighted by molar-refractivity contribution is 0.0741. The molecule has 1 fully saturated rings. The van der Waals surface area contributed by atoms with E-state index in [1.807, 2.05) is 11.8 Å². The van der Waals surface area contributed by atoms with E-state index in [9.17, 15) is 4.79 Å². The number of rotatable bonds is 4. The summed E-state index contributed by atoms with van der Waals surface area (Å²) >= 11 is 1.43. The molecule has 1 aliphatic heterocycles. The van der Waals surface area contributed by atoms with Crippen LogP contribution in [-0.4, -0.2) is 58.5 Å². The highest BCUT2D eigenvalue weighted by atomic mass is 32.1. The van der Waals surface area contributed by atoms with Gasteiger partial charge in [-0.25, -0.2) is 9.97 Å². The fraction of sp³-hybridized carbons (Fsp3) is 0.429. The smallest absolute Gasteiger partial charge is 0.273 e. The number of thiazole rings is 1. The number of piperazine rings is 1. The number of ether oxygens (including phenoxy) is 1. The quantitative estimate of drug-likeness (QED) is 0.846. The molecular formula is C14H17N5O2S. The van der Waals surface area contributed by atoms with Crippen molar-refractivity contribution in [3.8, 4) is 5.88 Å². The Kier molecular flexibility index (Phi) is 4.47. The maximum atomic E-state index is 12.2. The fourth-order valence-corrected chi connectivity index (χ4v) is 2.83. The number of hydrogen-bond donors (Lipinski definition) is 0. The van der Waals surface area contributed by atoms with E-state index >= 15 is 0 Å². The Labute approximate surface area is 132 Å². The molecule has 0 aromatic carbocycles. The summed E-state index contributed by atoms with van der Waals surface area (Å²) in [5, 5.41) is 1.78. The molecule has 116 valence electrons. The molecule has 2 aromatic heterocycles. The van der Waals surface area contributed by atoms with Gasteiger partial charge in [0.05, 0.1) is 12.1 Å². The van der Waals surface area contributed by atoms with Crippen molar-refractivity contribution in [2.45, 2.75) is 6.92 Å². The van der Waals surface area contributed by atoms with Gasteiger partial charge >= 0.3 is 0 Å². The molecule has 1 aliphatic rings. The van der Waals surface area contributed by atoms with Gasteiger partial charge in [-0.05, 0) is 6.92 Å². The Hall–Kier alpha value is -2.22. The fourth-order valence-electron chi connectivity index (χ4n) is 2.30. The molecule has 0 spiro atoms. The third-order valence-corrected chi connectivity index (χ3v) is 4.00. The van der Waals surface area contributed by atoms with E-state index in [2.05, 4.69) is 19.9 Å². The molecule has 2 aromatic rings. The van der Waals surface area contributed by atoms with Crippen LogP contribution >= 0.6 is 11.3 Å². The summed E-state index contributed by atoms with van der Waals surface area (Å²) in [7, 11) is 0. The third-order valence-electron chi connectivity index (χ3n) is 3.41. The largest absolute Gasteiger partial charge is 0.478 e. The van der Waals surface area contributed by atoms with E-state index in [4.69, 9.17) is 4.74 Å². The van der Waals surface area contributed by atoms with Gasteiger partial charge < -0.3 is 14.5 Å². The van der Waals surface area contributed by atoms with Gasteiger partial charge in [-0.2, -0.15) is 4.98 Å². The van der Waals surface area contributed by atoms with E-state index in [-0.39, 0.29) is 5.91 Å². The van der Waals surface area contributed by atoms with Crippen LogP contribution in [0, 0.1) is 0 Å². The first kappa shape index (κ1) is 14.7. The van der Waals surface area contributed by atoms with Gasteiger partial charge in [0, 0.05) is 43.8 Å². The molecule has 0 bridgehead atoms. The molecule has 3 heterocycles. The van der Waals surface area contributed by atoms with Crippen LogP contribution in [0.4, 0.5) is 5.95 Å². The minimum absolute atomic E-state index is 0.00937. The Morgan fingerprint density at radius 1 is 1.32 bits per heavy atom. The second-order valence-corrected chi connectivity index (χ2v) is 5.50. The highest BCUT2D eigenvalue weighted by Crippen LogP contribution is 2.16. The Morgan fingerprint density at radius 3 is 2.82 bits per heavy atom. The molecule has 3 rings (SSSR count). The maximum Gasteiger partial charge on any atom is 0.273 e. The molecule has 1 saturated heterocycles. The number of carbonyl (C=O) groups is 1. The lowest BCUT2D eigenvalue weighted by atomic mass is 10.3. The van der Waals surface area contributed by atoms with E-state index in [0.717, 1.165) is 0 Å². The Balaban J connectivity index is 1.62. The Morgan fingerprint density at radius 2 is 2.14 bits per heavy atom. The van der Waals surface area contributed by atoms with Gasteiger partial charge in [0.15, 0.2) is 0 Å². The van der Waals surface area contributed by atoms with Crippen molar-refractivity contribution < 1.29 is 9.53 Å². The zero-order chi connectivity index (χ0) is 15.4. The average Bonchev–Trinajstić information content (AvgIpc) is 3.09. The summed E-state index contributed by atoms with van der Waals surface area (Å²) in [6.45, 7) is 5.17. The van der Waals surface area contributed by atoms with Gasteiger partial charge in [-0.3, -0.25) is 4.79 Å². The summed E-state index contributed by atoms with van der Waals surface area (Å²) in [4.78, 5) is 28.9. The lowest BCUT2D eigenvalue weighted by Crippen LogP contribution is -2.49. The van der Waals surface area contributed by atoms with Gasteiger partial charge in [-0.15, -0.1) is 11.3 Å². The molecule has 1 amide bonds. The summed E-state index contributed by atoms with van der Waals surface area (Å²) in [5.41, 5.74) is 2.20. The summed E-state index contributed by atoms with van der Waals surface area (Å²) in [5.74, 6) is 1.21. The first-order chi connectivity index (χ1) is 10.8. The van der Waals surface area contributed by atoms with Crippen molar-refractivity contribution in [3.63, 3.8) is 0 Å². The van der Waals surface area contributed by atoms with Crippen LogP contribution in [0.3, 0.4) is 0 Å². The lowest BCUT2D eigenvalue weighted by Gasteiger charge is -2.34. The van der Waals surface area contributed by atoms with Crippen LogP contribution in [0.2, 0.25) is 0 Å². The van der Waals surface area contributed by atoms with Crippen molar-refractivity contribution in [2.24, 2.45) is 0 Å². The Bertz CT molecular complexity index is 626. The van der Waals surface area contributed by atoms with Crippen molar-refractivity contribution in [1.82, 2.24) is 19.9 Å². The van der Waals surface area contributed by atoms with Crippen molar-refractivity contribution >= 4 is 23.2 Å². The van der Waals surface area contributed by atoms with Crippen molar-refractivity contribution in [1.29, 1.82) is 0 Å². The first-order valence-electron chi connectivity index (χ1n) is 7.16. The standard InChI is InChI=1S/C14H17N5O2S/c1-2-21-12-3-4-15-14(17-12)19-7-5-18(6-8-19)13(20)11-9-22-10-16-11/h3-4,9-10H,2,5-8H2,1H3. The number of nitrogens with zero attached hydrogens (tertiary/aromatic N) is 5. The number of anilines is 1. The van der Waals surface area contributed by atoms with Crippen molar-refractivity contribution in [2.75, 3.05) is 37.7 Å². The highest BCUT2D eigenvalue weighted by molar-refractivity contribution is 7.07. The van der Waals surface area contributed by atoms with Crippen LogP contribution in [0.15, 0.2) is 23.2 Å². The number of amides is 1. The zero-order valence-corrected chi connectivity index (χ0v) is 13.1. The van der Waals surface area contributed by atoms with Crippen LogP contribution in [0.25, 0.3) is 0 Å². The predicted molar refractivity (Wildman–Crippen MR) is 83.4 cm³/mol. The average molecular weight is 319 g/mol. The van der Waals surface area contributed by atoms with E-state index < -0.39 is 0 Å². The molecule has 8 heteroatoms. The van der Waals surface area contributed by atoms with Gasteiger partial charge in [0.25, 0.3) is 5.91 Å². The number of hydrogen-bond acceptors (Lipinski definition) is 7. The molecule has 0 saturated carbocycles. The van der Waals surface area contributed by atoms with Crippen LogP contribution in [0.5, 0.6) is 5.88 Å². The van der Waals surface area contributed by atoms with Crippen LogP contribution in [-0.2, 0) is 0 Å². The topological polar surface area (TPSA) is 71.5 Å². The van der Waals surface area contributed by atoms with Crippen LogP contribution < -0.4 is 9.64 Å². The summed E-state index contributed by atoms with van der Waals surface area (Å²) in [6, 6.07) is 1.75. The molecule has 0 aliphatic carbocycles. The molecule has 7 nitrogen and oxygen atoms in total. The van der Waals surface area contributed by atoms with Gasteiger partial charge in [0.1, 0.15) is 5.69 Å². The normalized spacial score (nSPS) is 15.0. The van der Waals surface area contributed by atoms with E-state index in [1.54, 1.807) is 23.2 Å². The molecule has 0 N–H and O–H groups in total.